The quantitative estimate of drug-likeness (QED) is 0.765. The maximum absolute atomic E-state index is 5.80. The van der Waals surface area contributed by atoms with E-state index in [1.807, 2.05) is 12.1 Å². The summed E-state index contributed by atoms with van der Waals surface area (Å²) in [6, 6.07) is 3.72. The van der Waals surface area contributed by atoms with Crippen molar-refractivity contribution < 1.29 is 4.74 Å². The lowest BCUT2D eigenvalue weighted by molar-refractivity contribution is 0.307. The largest absolute Gasteiger partial charge is 0.476 e. The lowest BCUT2D eigenvalue weighted by Crippen LogP contribution is -2.12. The highest BCUT2D eigenvalue weighted by molar-refractivity contribution is 5.53. The number of nitrogen functional groups attached to an aromatic ring is 1. The van der Waals surface area contributed by atoms with Gasteiger partial charge in [-0.05, 0) is 24.5 Å². The molecule has 0 aliphatic rings. The fourth-order valence-corrected chi connectivity index (χ4v) is 1.29. The van der Waals surface area contributed by atoms with Crippen molar-refractivity contribution in [2.45, 2.75) is 33.6 Å². The first-order valence-corrected chi connectivity index (χ1v) is 6.30. The molecule has 1 rings (SSSR count). The van der Waals surface area contributed by atoms with Crippen molar-refractivity contribution in [2.24, 2.45) is 5.92 Å². The topological polar surface area (TPSA) is 60.2 Å². The summed E-state index contributed by atoms with van der Waals surface area (Å²) in [4.78, 5) is 4.36. The molecular weight excluding hydrogens is 214 g/mol. The number of rotatable bonds is 7. The van der Waals surface area contributed by atoms with Crippen LogP contribution in [0.25, 0.3) is 0 Å². The zero-order valence-electron chi connectivity index (χ0n) is 11.0. The minimum absolute atomic E-state index is 0.529. The van der Waals surface area contributed by atoms with Crippen molar-refractivity contribution in [1.82, 2.24) is 4.98 Å². The number of hydrogen-bond acceptors (Lipinski definition) is 4. The molecule has 4 heteroatoms. The molecule has 3 N–H and O–H groups in total. The van der Waals surface area contributed by atoms with Gasteiger partial charge < -0.3 is 15.8 Å². The summed E-state index contributed by atoms with van der Waals surface area (Å²) in [6.45, 7) is 8.01. The van der Waals surface area contributed by atoms with E-state index in [-0.39, 0.29) is 0 Å². The SMILES string of the molecule is CCCOc1nc(NCC(C)CC)ccc1N. The van der Waals surface area contributed by atoms with Crippen LogP contribution in [0.1, 0.15) is 33.6 Å². The zero-order chi connectivity index (χ0) is 12.7. The molecule has 0 aliphatic heterocycles. The van der Waals surface area contributed by atoms with Crippen molar-refractivity contribution in [2.75, 3.05) is 24.2 Å². The summed E-state index contributed by atoms with van der Waals surface area (Å²) < 4.78 is 5.48. The number of pyridine rings is 1. The summed E-state index contributed by atoms with van der Waals surface area (Å²) in [6.07, 6.45) is 2.10. The highest BCUT2D eigenvalue weighted by atomic mass is 16.5. The van der Waals surface area contributed by atoms with Crippen LogP contribution in [0.4, 0.5) is 11.5 Å². The van der Waals surface area contributed by atoms with Gasteiger partial charge in [-0.3, -0.25) is 0 Å². The molecule has 0 spiro atoms. The number of nitrogens with zero attached hydrogens (tertiary/aromatic N) is 1. The molecule has 17 heavy (non-hydrogen) atoms. The van der Waals surface area contributed by atoms with Crippen LogP contribution in [-0.4, -0.2) is 18.1 Å². The molecule has 0 aliphatic carbocycles. The second-order valence-corrected chi connectivity index (χ2v) is 4.33. The van der Waals surface area contributed by atoms with Gasteiger partial charge in [-0.25, -0.2) is 0 Å². The average Bonchev–Trinajstić information content (AvgIpc) is 2.35. The van der Waals surface area contributed by atoms with Gasteiger partial charge in [0.25, 0.3) is 0 Å². The maximum atomic E-state index is 5.80. The second-order valence-electron chi connectivity index (χ2n) is 4.33. The first-order valence-electron chi connectivity index (χ1n) is 6.30. The van der Waals surface area contributed by atoms with Crippen LogP contribution in [0.5, 0.6) is 5.88 Å². The van der Waals surface area contributed by atoms with E-state index in [0.29, 0.717) is 24.1 Å². The molecular formula is C13H23N3O. The molecule has 96 valence electrons. The normalized spacial score (nSPS) is 12.2. The van der Waals surface area contributed by atoms with E-state index in [1.54, 1.807) is 0 Å². The van der Waals surface area contributed by atoms with Crippen molar-refractivity contribution in [3.8, 4) is 5.88 Å². The van der Waals surface area contributed by atoms with Crippen LogP contribution >= 0.6 is 0 Å². The third-order valence-electron chi connectivity index (χ3n) is 2.66. The average molecular weight is 237 g/mol. The van der Waals surface area contributed by atoms with E-state index >= 15 is 0 Å². The number of aromatic nitrogens is 1. The summed E-state index contributed by atoms with van der Waals surface area (Å²) in [7, 11) is 0. The minimum Gasteiger partial charge on any atom is -0.476 e. The number of hydrogen-bond donors (Lipinski definition) is 2. The zero-order valence-corrected chi connectivity index (χ0v) is 11.0. The van der Waals surface area contributed by atoms with E-state index in [9.17, 15) is 0 Å². The number of ether oxygens (including phenoxy) is 1. The Bertz CT molecular complexity index is 341. The molecule has 0 fully saturated rings. The van der Waals surface area contributed by atoms with Gasteiger partial charge in [-0.15, -0.1) is 0 Å². The van der Waals surface area contributed by atoms with E-state index in [4.69, 9.17) is 10.5 Å². The van der Waals surface area contributed by atoms with Crippen molar-refractivity contribution in [3.05, 3.63) is 12.1 Å². The fraction of sp³-hybridized carbons (Fsp3) is 0.615. The molecule has 1 aromatic rings. The van der Waals surface area contributed by atoms with Crippen molar-refractivity contribution in [1.29, 1.82) is 0 Å². The molecule has 0 saturated heterocycles. The molecule has 4 nitrogen and oxygen atoms in total. The van der Waals surface area contributed by atoms with Crippen LogP contribution in [0.3, 0.4) is 0 Å². The molecule has 1 heterocycles. The number of nitrogens with two attached hydrogens (primary N) is 1. The second kappa shape index (κ2) is 6.99. The first kappa shape index (κ1) is 13.6. The Labute approximate surface area is 104 Å². The summed E-state index contributed by atoms with van der Waals surface area (Å²) in [5, 5.41) is 3.29. The highest BCUT2D eigenvalue weighted by Crippen LogP contribution is 2.21. The van der Waals surface area contributed by atoms with Crippen LogP contribution in [-0.2, 0) is 0 Å². The number of nitrogens with one attached hydrogen (secondary N) is 1. The molecule has 0 amide bonds. The predicted molar refractivity (Wildman–Crippen MR) is 72.4 cm³/mol. The van der Waals surface area contributed by atoms with Crippen molar-refractivity contribution >= 4 is 11.5 Å². The van der Waals surface area contributed by atoms with Gasteiger partial charge in [0.05, 0.1) is 12.3 Å². The smallest absolute Gasteiger partial charge is 0.239 e. The van der Waals surface area contributed by atoms with Gasteiger partial charge >= 0.3 is 0 Å². The monoisotopic (exact) mass is 237 g/mol. The Morgan fingerprint density at radius 3 is 2.82 bits per heavy atom. The Balaban J connectivity index is 2.61. The van der Waals surface area contributed by atoms with E-state index in [1.165, 1.54) is 0 Å². The van der Waals surface area contributed by atoms with Crippen LogP contribution in [0, 0.1) is 5.92 Å². The standard InChI is InChI=1S/C13H23N3O/c1-4-8-17-13-11(14)6-7-12(16-13)15-9-10(3)5-2/h6-7,10H,4-5,8-9,14H2,1-3H3,(H,15,16). The molecule has 0 saturated carbocycles. The van der Waals surface area contributed by atoms with Gasteiger partial charge in [0.2, 0.25) is 5.88 Å². The first-order chi connectivity index (χ1) is 8.17. The molecule has 0 aromatic carbocycles. The molecule has 0 bridgehead atoms. The summed E-state index contributed by atoms with van der Waals surface area (Å²) in [5.74, 6) is 1.99. The van der Waals surface area contributed by atoms with Gasteiger partial charge in [-0.1, -0.05) is 27.2 Å². The van der Waals surface area contributed by atoms with Crippen LogP contribution < -0.4 is 15.8 Å². The van der Waals surface area contributed by atoms with Gasteiger partial charge in [-0.2, -0.15) is 4.98 Å². The number of anilines is 2. The van der Waals surface area contributed by atoms with Gasteiger partial charge in [0.1, 0.15) is 5.82 Å². The fourth-order valence-electron chi connectivity index (χ4n) is 1.29. The Hall–Kier alpha value is -1.45. The van der Waals surface area contributed by atoms with Crippen LogP contribution in [0.2, 0.25) is 0 Å². The maximum Gasteiger partial charge on any atom is 0.239 e. The van der Waals surface area contributed by atoms with Crippen molar-refractivity contribution in [3.63, 3.8) is 0 Å². The molecule has 0 radical (unpaired) electrons. The Morgan fingerprint density at radius 1 is 1.41 bits per heavy atom. The Kier molecular flexibility index (Phi) is 5.60. The third kappa shape index (κ3) is 4.51. The Morgan fingerprint density at radius 2 is 2.18 bits per heavy atom. The predicted octanol–water partition coefficient (Wildman–Crippen LogP) is 2.91. The lowest BCUT2D eigenvalue weighted by Gasteiger charge is -2.12. The summed E-state index contributed by atoms with van der Waals surface area (Å²) >= 11 is 0. The molecule has 1 unspecified atom stereocenters. The van der Waals surface area contributed by atoms with Gasteiger partial charge in [0, 0.05) is 6.54 Å². The van der Waals surface area contributed by atoms with Crippen LogP contribution in [0.15, 0.2) is 12.1 Å². The molecule has 1 aromatic heterocycles. The minimum atomic E-state index is 0.529. The van der Waals surface area contributed by atoms with E-state index < -0.39 is 0 Å². The lowest BCUT2D eigenvalue weighted by atomic mass is 10.1. The third-order valence-corrected chi connectivity index (χ3v) is 2.66. The summed E-state index contributed by atoms with van der Waals surface area (Å²) in [5.41, 5.74) is 6.39. The highest BCUT2D eigenvalue weighted by Gasteiger charge is 2.05. The molecule has 1 atom stereocenters. The van der Waals surface area contributed by atoms with E-state index in [2.05, 4.69) is 31.1 Å². The van der Waals surface area contributed by atoms with E-state index in [0.717, 1.165) is 25.2 Å². The van der Waals surface area contributed by atoms with Gasteiger partial charge in [0.15, 0.2) is 0 Å².